The molecule has 1 fully saturated rings. The summed E-state index contributed by atoms with van der Waals surface area (Å²) in [6.07, 6.45) is 0.230. The molecule has 2 rings (SSSR count). The highest BCUT2D eigenvalue weighted by atomic mass is 32.1. The second-order valence-electron chi connectivity index (χ2n) is 6.71. The predicted octanol–water partition coefficient (Wildman–Crippen LogP) is 0.599. The summed E-state index contributed by atoms with van der Waals surface area (Å²) in [4.78, 5) is 1.63. The molecule has 0 radical (unpaired) electrons. The summed E-state index contributed by atoms with van der Waals surface area (Å²) in [7, 11) is 1.67. The van der Waals surface area contributed by atoms with Crippen molar-refractivity contribution in [3.8, 4) is 5.75 Å². The van der Waals surface area contributed by atoms with Crippen molar-refractivity contribution < 1.29 is 14.4 Å². The Morgan fingerprint density at radius 3 is 2.75 bits per heavy atom. The van der Waals surface area contributed by atoms with E-state index >= 15 is 0 Å². The minimum Gasteiger partial charge on any atom is -0.497 e. The van der Waals surface area contributed by atoms with Crippen LogP contribution in [0.25, 0.3) is 0 Å². The van der Waals surface area contributed by atoms with E-state index in [1.807, 2.05) is 24.3 Å². The molecule has 1 unspecified atom stereocenters. The van der Waals surface area contributed by atoms with E-state index in [0.29, 0.717) is 11.7 Å². The van der Waals surface area contributed by atoms with Crippen LogP contribution in [0.15, 0.2) is 24.3 Å². The van der Waals surface area contributed by atoms with Crippen LogP contribution in [0.2, 0.25) is 0 Å². The molecule has 0 saturated carbocycles. The molecule has 1 aromatic rings. The minimum atomic E-state index is 0.230. The molecule has 0 aliphatic carbocycles. The lowest BCUT2D eigenvalue weighted by molar-refractivity contribution is -0.914. The molecule has 24 heavy (non-hydrogen) atoms. The van der Waals surface area contributed by atoms with Crippen LogP contribution < -0.4 is 20.3 Å². The van der Waals surface area contributed by atoms with Gasteiger partial charge in [-0.2, -0.15) is 0 Å². The van der Waals surface area contributed by atoms with Gasteiger partial charge in [-0.05, 0) is 29.9 Å². The van der Waals surface area contributed by atoms with Crippen molar-refractivity contribution >= 4 is 17.3 Å². The van der Waals surface area contributed by atoms with Crippen LogP contribution in [0.3, 0.4) is 0 Å². The zero-order valence-electron chi connectivity index (χ0n) is 14.9. The van der Waals surface area contributed by atoms with Crippen molar-refractivity contribution in [1.29, 1.82) is 0 Å². The van der Waals surface area contributed by atoms with Gasteiger partial charge in [0.1, 0.15) is 24.9 Å². The highest BCUT2D eigenvalue weighted by molar-refractivity contribution is 7.80. The highest BCUT2D eigenvalue weighted by Gasteiger charge is 2.24. The van der Waals surface area contributed by atoms with Crippen molar-refractivity contribution in [2.45, 2.75) is 26.5 Å². The van der Waals surface area contributed by atoms with Gasteiger partial charge >= 0.3 is 0 Å². The third-order valence-corrected chi connectivity index (χ3v) is 4.41. The van der Waals surface area contributed by atoms with Gasteiger partial charge in [-0.1, -0.05) is 26.0 Å². The lowest BCUT2D eigenvalue weighted by atomic mass is 10.2. The minimum absolute atomic E-state index is 0.230. The number of rotatable bonds is 7. The third-order valence-electron chi connectivity index (χ3n) is 4.12. The second-order valence-corrected chi connectivity index (χ2v) is 7.11. The van der Waals surface area contributed by atoms with Gasteiger partial charge in [-0.3, -0.25) is 0 Å². The Bertz CT molecular complexity index is 507. The van der Waals surface area contributed by atoms with E-state index < -0.39 is 0 Å². The summed E-state index contributed by atoms with van der Waals surface area (Å²) in [5.74, 6) is 1.58. The van der Waals surface area contributed by atoms with E-state index in [9.17, 15) is 0 Å². The lowest BCUT2D eigenvalue weighted by Crippen LogP contribution is -3.15. The number of benzene rings is 1. The fourth-order valence-corrected chi connectivity index (χ4v) is 3.10. The van der Waals surface area contributed by atoms with Crippen LogP contribution in [0.5, 0.6) is 5.75 Å². The van der Waals surface area contributed by atoms with Crippen molar-refractivity contribution in [3.63, 3.8) is 0 Å². The fraction of sp³-hybridized carbons (Fsp3) is 0.611. The van der Waals surface area contributed by atoms with E-state index in [1.165, 1.54) is 12.1 Å². The van der Waals surface area contributed by atoms with E-state index in [0.717, 1.165) is 37.9 Å². The summed E-state index contributed by atoms with van der Waals surface area (Å²) >= 11 is 5.36. The Balaban J connectivity index is 1.66. The first-order chi connectivity index (χ1) is 11.6. The maximum atomic E-state index is 5.84. The molecule has 1 heterocycles. The topological polar surface area (TPSA) is 47.0 Å². The maximum Gasteiger partial charge on any atom is 0.166 e. The van der Waals surface area contributed by atoms with Crippen LogP contribution >= 0.6 is 12.2 Å². The summed E-state index contributed by atoms with van der Waals surface area (Å²) in [5.41, 5.74) is 1.17. The van der Waals surface area contributed by atoms with Gasteiger partial charge < -0.3 is 25.0 Å². The van der Waals surface area contributed by atoms with Crippen LogP contribution in [0, 0.1) is 5.92 Å². The van der Waals surface area contributed by atoms with Crippen LogP contribution in [0.1, 0.15) is 19.4 Å². The standard InChI is InChI=1S/C18H29N3O2S/c1-14(2)12-21-8-9-23-17(13-21)11-20-18(24)19-10-15-4-6-16(22-3)7-5-15/h4-7,14,17H,8-13H2,1-3H3,(H2,19,20,24)/p+1/t17-/m0/s1. The van der Waals surface area contributed by atoms with Gasteiger partial charge in [0, 0.05) is 19.0 Å². The van der Waals surface area contributed by atoms with Crippen molar-refractivity contribution in [3.05, 3.63) is 29.8 Å². The van der Waals surface area contributed by atoms with E-state index in [4.69, 9.17) is 21.7 Å². The van der Waals surface area contributed by atoms with E-state index in [-0.39, 0.29) is 6.10 Å². The molecule has 0 spiro atoms. The van der Waals surface area contributed by atoms with Gasteiger partial charge in [0.25, 0.3) is 0 Å². The van der Waals surface area contributed by atoms with E-state index in [1.54, 1.807) is 12.0 Å². The molecule has 1 aliphatic heterocycles. The molecular weight excluding hydrogens is 322 g/mol. The Hall–Kier alpha value is -1.37. The number of hydrogen-bond acceptors (Lipinski definition) is 3. The summed E-state index contributed by atoms with van der Waals surface area (Å²) in [6, 6.07) is 7.97. The summed E-state index contributed by atoms with van der Waals surface area (Å²) in [5, 5.41) is 7.18. The first-order valence-corrected chi connectivity index (χ1v) is 9.07. The largest absolute Gasteiger partial charge is 0.497 e. The zero-order valence-corrected chi connectivity index (χ0v) is 15.7. The first-order valence-electron chi connectivity index (χ1n) is 8.66. The maximum absolute atomic E-state index is 5.84. The smallest absolute Gasteiger partial charge is 0.166 e. The highest BCUT2D eigenvalue weighted by Crippen LogP contribution is 2.10. The number of morpholine rings is 1. The van der Waals surface area contributed by atoms with Crippen molar-refractivity contribution in [2.75, 3.05) is 39.9 Å². The molecule has 0 bridgehead atoms. The Labute approximate surface area is 150 Å². The molecule has 5 nitrogen and oxygen atoms in total. The zero-order chi connectivity index (χ0) is 17.4. The number of ether oxygens (including phenoxy) is 2. The Kier molecular flexibility index (Phi) is 7.75. The monoisotopic (exact) mass is 352 g/mol. The molecular formula is C18H30N3O2S+. The van der Waals surface area contributed by atoms with Gasteiger partial charge in [0.05, 0.1) is 20.3 Å². The van der Waals surface area contributed by atoms with Crippen LogP contribution in [-0.2, 0) is 11.3 Å². The Morgan fingerprint density at radius 1 is 1.33 bits per heavy atom. The van der Waals surface area contributed by atoms with Crippen LogP contribution in [0.4, 0.5) is 0 Å². The van der Waals surface area contributed by atoms with Crippen LogP contribution in [-0.4, -0.2) is 51.1 Å². The Morgan fingerprint density at radius 2 is 2.08 bits per heavy atom. The van der Waals surface area contributed by atoms with E-state index in [2.05, 4.69) is 24.5 Å². The average molecular weight is 353 g/mol. The molecule has 6 heteroatoms. The normalized spacial score (nSPS) is 20.7. The SMILES string of the molecule is COc1ccc(CNC(=S)NC[C@H]2C[NH+](CC(C)C)CCO2)cc1. The molecule has 0 aromatic heterocycles. The third kappa shape index (κ3) is 6.63. The lowest BCUT2D eigenvalue weighted by Gasteiger charge is -2.31. The molecule has 1 aliphatic rings. The average Bonchev–Trinajstić information content (AvgIpc) is 2.58. The summed E-state index contributed by atoms with van der Waals surface area (Å²) < 4.78 is 11.0. The van der Waals surface area contributed by atoms with Gasteiger partial charge in [-0.25, -0.2) is 0 Å². The molecule has 2 atom stereocenters. The van der Waals surface area contributed by atoms with Crippen molar-refractivity contribution in [2.24, 2.45) is 5.92 Å². The molecule has 1 aromatic carbocycles. The number of hydrogen-bond donors (Lipinski definition) is 3. The first kappa shape index (κ1) is 19.0. The predicted molar refractivity (Wildman–Crippen MR) is 101 cm³/mol. The van der Waals surface area contributed by atoms with Gasteiger partial charge in [-0.15, -0.1) is 0 Å². The fourth-order valence-electron chi connectivity index (χ4n) is 2.94. The molecule has 0 amide bonds. The van der Waals surface area contributed by atoms with Crippen molar-refractivity contribution in [1.82, 2.24) is 10.6 Å². The number of thiocarbonyl (C=S) groups is 1. The summed E-state index contributed by atoms with van der Waals surface area (Å²) in [6.45, 7) is 10.2. The number of nitrogens with one attached hydrogen (secondary N) is 3. The molecule has 134 valence electrons. The number of methoxy groups -OCH3 is 1. The van der Waals surface area contributed by atoms with Gasteiger partial charge in [0.15, 0.2) is 5.11 Å². The van der Waals surface area contributed by atoms with Gasteiger partial charge in [0.2, 0.25) is 0 Å². The quantitative estimate of drug-likeness (QED) is 0.628. The molecule has 3 N–H and O–H groups in total. The second kappa shape index (κ2) is 9.81. The number of quaternary nitrogens is 1. The molecule has 1 saturated heterocycles.